The molecule has 4 rings (SSSR count). The van der Waals surface area contributed by atoms with Gasteiger partial charge in [0.15, 0.2) is 11.5 Å². The molecule has 2 aliphatic heterocycles. The zero-order chi connectivity index (χ0) is 18.0. The van der Waals surface area contributed by atoms with E-state index in [1.54, 1.807) is 6.07 Å². The molecule has 3 N–H and O–H groups in total. The van der Waals surface area contributed by atoms with Gasteiger partial charge >= 0.3 is 0 Å². The summed E-state index contributed by atoms with van der Waals surface area (Å²) in [4.78, 5) is 2.24. The number of fused-ring (bicyclic) bond motifs is 1. The predicted octanol–water partition coefficient (Wildman–Crippen LogP) is 1.87. The van der Waals surface area contributed by atoms with Crippen LogP contribution >= 0.6 is 0 Å². The Kier molecular flexibility index (Phi) is 3.69. The van der Waals surface area contributed by atoms with E-state index >= 15 is 0 Å². The minimum absolute atomic E-state index is 0.0834. The molecule has 1 spiro atoms. The van der Waals surface area contributed by atoms with Crippen molar-refractivity contribution in [3.8, 4) is 11.5 Å². The van der Waals surface area contributed by atoms with Crippen molar-refractivity contribution in [2.45, 2.75) is 62.4 Å². The average Bonchev–Trinajstić information content (AvgIpc) is 2.95. The van der Waals surface area contributed by atoms with Crippen LogP contribution in [0.3, 0.4) is 0 Å². The highest BCUT2D eigenvalue weighted by Crippen LogP contribution is 2.62. The lowest BCUT2D eigenvalue weighted by Gasteiger charge is -2.60. The molecule has 2 fully saturated rings. The maximum absolute atomic E-state index is 11.9. The molecule has 5 heteroatoms. The Morgan fingerprint density at radius 2 is 2.16 bits per heavy atom. The topological polar surface area (TPSA) is 73.2 Å². The van der Waals surface area contributed by atoms with Crippen LogP contribution in [0.15, 0.2) is 24.8 Å². The molecular formula is C20H27NO4. The lowest BCUT2D eigenvalue weighted by atomic mass is 9.52. The quantitative estimate of drug-likeness (QED) is 0.714. The van der Waals surface area contributed by atoms with Crippen LogP contribution in [0.5, 0.6) is 11.5 Å². The van der Waals surface area contributed by atoms with Gasteiger partial charge in [0.1, 0.15) is 6.10 Å². The molecular weight excluding hydrogens is 318 g/mol. The Balaban J connectivity index is 1.93. The molecule has 136 valence electrons. The van der Waals surface area contributed by atoms with Crippen molar-refractivity contribution in [1.82, 2.24) is 4.90 Å². The lowest BCUT2D eigenvalue weighted by Crippen LogP contribution is -2.74. The van der Waals surface area contributed by atoms with E-state index in [2.05, 4.69) is 18.4 Å². The van der Waals surface area contributed by atoms with Crippen molar-refractivity contribution in [2.75, 3.05) is 13.1 Å². The molecule has 5 atom stereocenters. The summed E-state index contributed by atoms with van der Waals surface area (Å²) in [6.07, 6.45) is 2.37. The summed E-state index contributed by atoms with van der Waals surface area (Å²) in [5.74, 6) is 0.522. The number of aliphatic hydroxyl groups excluding tert-OH is 1. The van der Waals surface area contributed by atoms with Crippen LogP contribution in [0.4, 0.5) is 0 Å². The number of ether oxygens (including phenoxy) is 1. The second kappa shape index (κ2) is 5.47. The first kappa shape index (κ1) is 16.9. The number of aliphatic hydroxyl groups is 2. The van der Waals surface area contributed by atoms with Gasteiger partial charge in [-0.1, -0.05) is 12.1 Å². The maximum atomic E-state index is 11.9. The van der Waals surface area contributed by atoms with Crippen LogP contribution in [0, 0.1) is 6.92 Å². The van der Waals surface area contributed by atoms with E-state index in [4.69, 9.17) is 4.74 Å². The number of rotatable bonds is 2. The van der Waals surface area contributed by atoms with Gasteiger partial charge in [0.25, 0.3) is 0 Å². The number of nitrogens with zero attached hydrogens (tertiary/aromatic N) is 1. The second-order valence-corrected chi connectivity index (χ2v) is 7.86. The molecule has 1 saturated carbocycles. The SMILES string of the molecule is C=CCN1CC[C@]23c4c(C)ccc(O)c4O[C@H]2[C@@H](O)CC[C@@]3(O)[C@H]1C. The van der Waals surface area contributed by atoms with Crippen molar-refractivity contribution in [3.63, 3.8) is 0 Å². The van der Waals surface area contributed by atoms with E-state index in [-0.39, 0.29) is 11.8 Å². The molecule has 0 amide bonds. The summed E-state index contributed by atoms with van der Waals surface area (Å²) in [5.41, 5.74) is 0.151. The van der Waals surface area contributed by atoms with Crippen LogP contribution in [0.25, 0.3) is 0 Å². The van der Waals surface area contributed by atoms with Crippen LogP contribution in [0.2, 0.25) is 0 Å². The lowest BCUT2D eigenvalue weighted by molar-refractivity contribution is -0.198. The van der Waals surface area contributed by atoms with Crippen molar-refractivity contribution >= 4 is 0 Å². The van der Waals surface area contributed by atoms with Crippen LogP contribution in [-0.2, 0) is 5.41 Å². The minimum Gasteiger partial charge on any atom is -0.504 e. The summed E-state index contributed by atoms with van der Waals surface area (Å²) >= 11 is 0. The number of piperidine rings is 1. The van der Waals surface area contributed by atoms with Crippen LogP contribution < -0.4 is 4.74 Å². The Hall–Kier alpha value is -1.56. The van der Waals surface area contributed by atoms with E-state index in [1.807, 2.05) is 19.1 Å². The number of aryl methyl sites for hydroxylation is 1. The molecule has 25 heavy (non-hydrogen) atoms. The zero-order valence-corrected chi connectivity index (χ0v) is 14.9. The maximum Gasteiger partial charge on any atom is 0.165 e. The Bertz CT molecular complexity index is 720. The number of hydrogen-bond donors (Lipinski definition) is 3. The number of phenolic OH excluding ortho intramolecular Hbond substituents is 1. The number of likely N-dealkylation sites (tertiary alicyclic amines) is 1. The molecule has 0 bridgehead atoms. The third-order valence-corrected chi connectivity index (χ3v) is 6.86. The largest absolute Gasteiger partial charge is 0.504 e. The van der Waals surface area contributed by atoms with Gasteiger partial charge in [-0.15, -0.1) is 6.58 Å². The highest BCUT2D eigenvalue weighted by Gasteiger charge is 2.70. The van der Waals surface area contributed by atoms with Crippen molar-refractivity contribution < 1.29 is 20.1 Å². The Morgan fingerprint density at radius 3 is 2.88 bits per heavy atom. The number of aromatic hydroxyl groups is 1. The first-order valence-corrected chi connectivity index (χ1v) is 9.12. The van der Waals surface area contributed by atoms with Crippen molar-refractivity contribution in [3.05, 3.63) is 35.9 Å². The van der Waals surface area contributed by atoms with Crippen molar-refractivity contribution in [2.24, 2.45) is 0 Å². The molecule has 0 aromatic heterocycles. The van der Waals surface area contributed by atoms with Gasteiger partial charge in [-0.05, 0) is 51.3 Å². The summed E-state index contributed by atoms with van der Waals surface area (Å²) in [7, 11) is 0. The van der Waals surface area contributed by atoms with Gasteiger partial charge in [0.05, 0.1) is 17.1 Å². The standard InChI is InChI=1S/C20H27NO4/c1-4-10-21-11-9-19-16-12(2)5-6-14(22)17(16)25-18(19)15(23)7-8-20(19,24)13(21)3/h4-6,13,15,18,22-24H,1,7-11H2,2-3H3/t13-,15+,18+,19+,20-/m1/s1. The highest BCUT2D eigenvalue weighted by atomic mass is 16.5. The van der Waals surface area contributed by atoms with E-state index in [0.717, 1.165) is 24.2 Å². The molecule has 1 aromatic rings. The molecule has 2 heterocycles. The van der Waals surface area contributed by atoms with E-state index in [1.165, 1.54) is 0 Å². The first-order valence-electron chi connectivity index (χ1n) is 9.12. The minimum atomic E-state index is -1.03. The average molecular weight is 345 g/mol. The molecule has 0 radical (unpaired) electrons. The molecule has 1 aliphatic carbocycles. The normalized spacial score (nSPS) is 39.9. The van der Waals surface area contributed by atoms with Gasteiger partial charge in [-0.2, -0.15) is 0 Å². The second-order valence-electron chi connectivity index (χ2n) is 7.86. The van der Waals surface area contributed by atoms with Gasteiger partial charge in [0, 0.05) is 18.2 Å². The van der Waals surface area contributed by atoms with Crippen LogP contribution in [-0.4, -0.2) is 57.2 Å². The van der Waals surface area contributed by atoms with Gasteiger partial charge in [-0.25, -0.2) is 0 Å². The Labute approximate surface area is 148 Å². The van der Waals surface area contributed by atoms with Gasteiger partial charge in [-0.3, -0.25) is 4.90 Å². The molecule has 5 nitrogen and oxygen atoms in total. The highest BCUT2D eigenvalue weighted by molar-refractivity contribution is 5.60. The first-order chi connectivity index (χ1) is 11.9. The number of hydrogen-bond acceptors (Lipinski definition) is 5. The Morgan fingerprint density at radius 1 is 1.40 bits per heavy atom. The summed E-state index contributed by atoms with van der Waals surface area (Å²) in [6.45, 7) is 9.38. The smallest absolute Gasteiger partial charge is 0.165 e. The predicted molar refractivity (Wildman–Crippen MR) is 95.0 cm³/mol. The van der Waals surface area contributed by atoms with E-state index < -0.39 is 23.2 Å². The van der Waals surface area contributed by atoms with E-state index in [9.17, 15) is 15.3 Å². The third kappa shape index (κ3) is 1.94. The molecule has 1 aromatic carbocycles. The fraction of sp³-hybridized carbons (Fsp3) is 0.600. The van der Waals surface area contributed by atoms with Gasteiger partial charge < -0.3 is 20.1 Å². The molecule has 1 saturated heterocycles. The molecule has 0 unspecified atom stereocenters. The summed E-state index contributed by atoms with van der Waals surface area (Å²) in [5, 5.41) is 33.0. The molecule has 3 aliphatic rings. The van der Waals surface area contributed by atoms with Crippen molar-refractivity contribution in [1.29, 1.82) is 0 Å². The fourth-order valence-electron chi connectivity index (χ4n) is 5.62. The summed E-state index contributed by atoms with van der Waals surface area (Å²) < 4.78 is 6.11. The summed E-state index contributed by atoms with van der Waals surface area (Å²) in [6, 6.07) is 3.41. The number of phenols is 1. The van der Waals surface area contributed by atoms with Gasteiger partial charge in [0.2, 0.25) is 0 Å². The fourth-order valence-corrected chi connectivity index (χ4v) is 5.62. The van der Waals surface area contributed by atoms with Crippen LogP contribution in [0.1, 0.15) is 37.3 Å². The van der Waals surface area contributed by atoms with E-state index in [0.29, 0.717) is 25.0 Å². The number of benzene rings is 1. The third-order valence-electron chi connectivity index (χ3n) is 6.86. The monoisotopic (exact) mass is 345 g/mol. The zero-order valence-electron chi connectivity index (χ0n) is 14.9.